The van der Waals surface area contributed by atoms with Gasteiger partial charge in [0.15, 0.2) is 0 Å². The summed E-state index contributed by atoms with van der Waals surface area (Å²) < 4.78 is 6.70. The second-order valence-electron chi connectivity index (χ2n) is 8.64. The number of carbonyl (C=O) groups excluding carboxylic acids is 3. The molecule has 3 aromatic rings. The molecule has 0 aliphatic carbocycles. The number of rotatable bonds is 6. The highest BCUT2D eigenvalue weighted by atomic mass is 79.9. The fourth-order valence-electron chi connectivity index (χ4n) is 4.23. The van der Waals surface area contributed by atoms with Crippen LogP contribution in [0, 0.1) is 13.8 Å². The quantitative estimate of drug-likeness (QED) is 0.243. The van der Waals surface area contributed by atoms with Crippen LogP contribution < -0.4 is 15.0 Å². The zero-order chi connectivity index (χ0) is 26.9. The lowest BCUT2D eigenvalue weighted by atomic mass is 9.98. The molecular weight excluding hydrogens is 579 g/mol. The molecule has 1 aliphatic rings. The Morgan fingerprint density at radius 2 is 1.68 bits per heavy atom. The Morgan fingerprint density at radius 3 is 2.32 bits per heavy atom. The van der Waals surface area contributed by atoms with Crippen LogP contribution in [0.25, 0.3) is 6.08 Å². The monoisotopic (exact) mass is 600 g/mol. The third-order valence-electron chi connectivity index (χ3n) is 5.71. The maximum Gasteiger partial charge on any atom is 0.335 e. The van der Waals surface area contributed by atoms with Gasteiger partial charge in [0.05, 0.1) is 22.3 Å². The van der Waals surface area contributed by atoms with Gasteiger partial charge in [0.25, 0.3) is 11.8 Å². The molecule has 6 nitrogen and oxygen atoms in total. The summed E-state index contributed by atoms with van der Waals surface area (Å²) in [6, 6.07) is 13.4. The molecule has 0 unspecified atom stereocenters. The Morgan fingerprint density at radius 1 is 0.973 bits per heavy atom. The number of carbonyl (C=O) groups is 3. The lowest BCUT2D eigenvalue weighted by Crippen LogP contribution is -2.54. The number of nitrogens with zero attached hydrogens (tertiary/aromatic N) is 1. The predicted octanol–water partition coefficient (Wildman–Crippen LogP) is 7.03. The van der Waals surface area contributed by atoms with E-state index in [-0.39, 0.29) is 21.3 Å². The minimum atomic E-state index is -0.870. The molecule has 3 aromatic carbocycles. The number of urea groups is 1. The van der Waals surface area contributed by atoms with Crippen molar-refractivity contribution in [2.45, 2.75) is 27.2 Å². The maximum absolute atomic E-state index is 13.3. The van der Waals surface area contributed by atoms with E-state index < -0.39 is 17.8 Å². The predicted molar refractivity (Wildman–Crippen MR) is 149 cm³/mol. The summed E-state index contributed by atoms with van der Waals surface area (Å²) in [6.07, 6.45) is 2.07. The molecule has 0 atom stereocenters. The molecule has 0 radical (unpaired) electrons. The average Bonchev–Trinajstić information content (AvgIpc) is 2.80. The summed E-state index contributed by atoms with van der Waals surface area (Å²) >= 11 is 15.7. The van der Waals surface area contributed by atoms with E-state index in [4.69, 9.17) is 27.9 Å². The number of hydrogen-bond acceptors (Lipinski definition) is 4. The number of hydrogen-bond donors (Lipinski definition) is 1. The first kappa shape index (κ1) is 26.9. The van der Waals surface area contributed by atoms with Gasteiger partial charge in [-0.25, -0.2) is 9.69 Å². The summed E-state index contributed by atoms with van der Waals surface area (Å²) in [4.78, 5) is 39.3. The Balaban J connectivity index is 1.73. The number of nitrogens with one attached hydrogen (secondary N) is 1. The van der Waals surface area contributed by atoms with Gasteiger partial charge in [-0.3, -0.25) is 14.9 Å². The van der Waals surface area contributed by atoms with Crippen molar-refractivity contribution in [3.8, 4) is 5.75 Å². The van der Waals surface area contributed by atoms with E-state index in [1.165, 1.54) is 35.4 Å². The van der Waals surface area contributed by atoms with Crippen molar-refractivity contribution in [3.63, 3.8) is 0 Å². The largest absolute Gasteiger partial charge is 0.494 e. The van der Waals surface area contributed by atoms with Crippen molar-refractivity contribution in [2.75, 3.05) is 11.5 Å². The van der Waals surface area contributed by atoms with Crippen LogP contribution in [0.4, 0.5) is 10.5 Å². The number of ether oxygens (including phenoxy) is 1. The normalized spacial score (nSPS) is 14.8. The summed E-state index contributed by atoms with van der Waals surface area (Å²) in [7, 11) is 0. The average molecular weight is 602 g/mol. The molecule has 4 amide bonds. The summed E-state index contributed by atoms with van der Waals surface area (Å²) in [5.41, 5.74) is 4.98. The van der Waals surface area contributed by atoms with E-state index in [0.29, 0.717) is 24.3 Å². The van der Waals surface area contributed by atoms with Crippen LogP contribution in [0.5, 0.6) is 5.75 Å². The van der Waals surface area contributed by atoms with Gasteiger partial charge in [0.2, 0.25) is 0 Å². The van der Waals surface area contributed by atoms with Crippen LogP contribution in [-0.2, 0) is 16.0 Å². The zero-order valence-corrected chi connectivity index (χ0v) is 23.4. The van der Waals surface area contributed by atoms with Crippen molar-refractivity contribution >= 4 is 68.7 Å². The summed E-state index contributed by atoms with van der Waals surface area (Å²) in [5.74, 6) is -0.941. The molecule has 37 heavy (non-hydrogen) atoms. The van der Waals surface area contributed by atoms with E-state index in [1.807, 2.05) is 13.0 Å². The van der Waals surface area contributed by atoms with E-state index in [0.717, 1.165) is 20.5 Å². The molecule has 1 heterocycles. The van der Waals surface area contributed by atoms with Gasteiger partial charge in [-0.2, -0.15) is 0 Å². The summed E-state index contributed by atoms with van der Waals surface area (Å²) in [6.45, 7) is 6.44. The van der Waals surface area contributed by atoms with Gasteiger partial charge in [-0.05, 0) is 68.3 Å². The minimum absolute atomic E-state index is 0.173. The standard InChI is InChI=1S/C28H23BrCl2N2O4/c1-4-37-25-13-18(12-22(29)20(25)10-17-8-15(2)7-16(3)9-17)11-21-26(34)32-28(36)33(27(21)35)19-5-6-23(30)24(31)14-19/h5-9,11-14H,4,10H2,1-3H3,(H,32,34,36)/b21-11+. The molecule has 1 fully saturated rings. The second kappa shape index (κ2) is 11.1. The van der Waals surface area contributed by atoms with E-state index in [2.05, 4.69) is 53.3 Å². The second-order valence-corrected chi connectivity index (χ2v) is 10.3. The first-order valence-corrected chi connectivity index (χ1v) is 13.0. The van der Waals surface area contributed by atoms with Gasteiger partial charge in [0, 0.05) is 16.5 Å². The first-order chi connectivity index (χ1) is 17.6. The van der Waals surface area contributed by atoms with Crippen molar-refractivity contribution < 1.29 is 19.1 Å². The lowest BCUT2D eigenvalue weighted by Gasteiger charge is -2.26. The SMILES string of the molecule is CCOc1cc(/C=C2\C(=O)NC(=O)N(c3ccc(Cl)c(Cl)c3)C2=O)cc(Br)c1Cc1cc(C)cc(C)c1. The highest BCUT2D eigenvalue weighted by Gasteiger charge is 2.37. The molecular formula is C28H23BrCl2N2O4. The molecule has 0 bridgehead atoms. The molecule has 4 rings (SSSR count). The third-order valence-corrected chi connectivity index (χ3v) is 7.16. The third kappa shape index (κ3) is 5.90. The fraction of sp³-hybridized carbons (Fsp3) is 0.179. The number of imide groups is 2. The number of amides is 4. The maximum atomic E-state index is 13.3. The summed E-state index contributed by atoms with van der Waals surface area (Å²) in [5, 5.41) is 2.66. The van der Waals surface area contributed by atoms with Crippen molar-refractivity contribution in [1.82, 2.24) is 5.32 Å². The van der Waals surface area contributed by atoms with E-state index >= 15 is 0 Å². The highest BCUT2D eigenvalue weighted by molar-refractivity contribution is 9.10. The molecule has 1 N–H and O–H groups in total. The van der Waals surface area contributed by atoms with Gasteiger partial charge in [-0.15, -0.1) is 0 Å². The molecule has 1 saturated heterocycles. The molecule has 0 spiro atoms. The first-order valence-electron chi connectivity index (χ1n) is 11.5. The van der Waals surface area contributed by atoms with Crippen LogP contribution in [0.2, 0.25) is 10.0 Å². The smallest absolute Gasteiger partial charge is 0.335 e. The molecule has 1 aliphatic heterocycles. The molecule has 0 aromatic heterocycles. The van der Waals surface area contributed by atoms with Crippen LogP contribution in [0.1, 0.15) is 34.7 Å². The number of halogens is 3. The Kier molecular flexibility index (Phi) is 8.07. The van der Waals surface area contributed by atoms with Crippen LogP contribution in [0.3, 0.4) is 0 Å². The minimum Gasteiger partial charge on any atom is -0.494 e. The number of benzene rings is 3. The van der Waals surface area contributed by atoms with Crippen LogP contribution in [0.15, 0.2) is 58.6 Å². The number of anilines is 1. The Hall–Kier alpha value is -3.13. The zero-order valence-electron chi connectivity index (χ0n) is 20.3. The Labute approximate surface area is 233 Å². The number of aryl methyl sites for hydroxylation is 2. The van der Waals surface area contributed by atoms with Gasteiger partial charge < -0.3 is 4.74 Å². The van der Waals surface area contributed by atoms with Crippen molar-refractivity contribution in [1.29, 1.82) is 0 Å². The molecule has 9 heteroatoms. The van der Waals surface area contributed by atoms with Crippen molar-refractivity contribution in [3.05, 3.63) is 96.4 Å². The molecule has 0 saturated carbocycles. The molecule has 190 valence electrons. The van der Waals surface area contributed by atoms with E-state index in [9.17, 15) is 14.4 Å². The van der Waals surface area contributed by atoms with Gasteiger partial charge in [0.1, 0.15) is 11.3 Å². The fourth-order valence-corrected chi connectivity index (χ4v) is 5.12. The van der Waals surface area contributed by atoms with Crippen molar-refractivity contribution in [2.24, 2.45) is 0 Å². The number of barbiturate groups is 1. The lowest BCUT2D eigenvalue weighted by molar-refractivity contribution is -0.122. The van der Waals surface area contributed by atoms with E-state index in [1.54, 1.807) is 6.07 Å². The van der Waals surface area contributed by atoms with Crippen LogP contribution >= 0.6 is 39.1 Å². The van der Waals surface area contributed by atoms with Gasteiger partial charge >= 0.3 is 6.03 Å². The van der Waals surface area contributed by atoms with Crippen LogP contribution in [-0.4, -0.2) is 24.5 Å². The topological polar surface area (TPSA) is 75.7 Å². The Bertz CT molecular complexity index is 1450. The van der Waals surface area contributed by atoms with Gasteiger partial charge in [-0.1, -0.05) is 68.5 Å². The highest BCUT2D eigenvalue weighted by Crippen LogP contribution is 2.34.